The number of amides is 3. The van der Waals surface area contributed by atoms with Crippen LogP contribution >= 0.6 is 0 Å². The third-order valence-corrected chi connectivity index (χ3v) is 12.0. The van der Waals surface area contributed by atoms with E-state index in [2.05, 4.69) is 80.0 Å². The van der Waals surface area contributed by atoms with Crippen molar-refractivity contribution in [3.05, 3.63) is 149 Å². The maximum absolute atomic E-state index is 15.0. The Bertz CT molecular complexity index is 2500. The van der Waals surface area contributed by atoms with Crippen LogP contribution < -0.4 is 19.4 Å². The normalized spacial score (nSPS) is 14.8. The number of rotatable bonds is 9. The van der Waals surface area contributed by atoms with Crippen molar-refractivity contribution in [2.75, 3.05) is 47.4 Å². The Morgan fingerprint density at radius 1 is 0.536 bits per heavy atom. The van der Waals surface area contributed by atoms with Gasteiger partial charge in [0, 0.05) is 101 Å². The summed E-state index contributed by atoms with van der Waals surface area (Å²) in [6, 6.07) is 38.3. The summed E-state index contributed by atoms with van der Waals surface area (Å²) in [5, 5.41) is 1.52. The van der Waals surface area contributed by atoms with E-state index < -0.39 is 5.54 Å². The third-order valence-electron chi connectivity index (χ3n) is 12.0. The number of ether oxygens (including phenoxy) is 1. The summed E-state index contributed by atoms with van der Waals surface area (Å²) >= 11 is 0. The zero-order valence-corrected chi connectivity index (χ0v) is 32.4. The molecule has 0 saturated carbocycles. The van der Waals surface area contributed by atoms with Crippen LogP contribution in [0.25, 0.3) is 21.9 Å². The lowest BCUT2D eigenvalue weighted by molar-refractivity contribution is 0.0619. The van der Waals surface area contributed by atoms with Crippen molar-refractivity contribution in [2.24, 2.45) is 0 Å². The van der Waals surface area contributed by atoms with Crippen LogP contribution in [-0.4, -0.2) is 55.3 Å². The minimum atomic E-state index is -1.02. The van der Waals surface area contributed by atoms with Gasteiger partial charge in [-0.3, -0.25) is 24.2 Å². The molecule has 280 valence electrons. The van der Waals surface area contributed by atoms with E-state index in [0.29, 0.717) is 28.6 Å². The molecule has 0 atom stereocenters. The molecule has 8 nitrogen and oxygen atoms in total. The predicted molar refractivity (Wildman–Crippen MR) is 224 cm³/mol. The lowest BCUT2D eigenvalue weighted by Crippen LogP contribution is -2.47. The number of imide groups is 1. The fraction of sp³-hybridized carbons (Fsp3) is 0.229. The van der Waals surface area contributed by atoms with E-state index >= 15 is 0 Å². The first kappa shape index (κ1) is 35.3. The van der Waals surface area contributed by atoms with Gasteiger partial charge in [-0.1, -0.05) is 60.7 Å². The quantitative estimate of drug-likeness (QED) is 0.138. The monoisotopic (exact) mass is 740 g/mol. The van der Waals surface area contributed by atoms with Gasteiger partial charge in [0.05, 0.1) is 0 Å². The first-order valence-electron chi connectivity index (χ1n) is 19.7. The van der Waals surface area contributed by atoms with Crippen LogP contribution in [0, 0.1) is 0 Å². The first-order valence-corrected chi connectivity index (χ1v) is 19.7. The van der Waals surface area contributed by atoms with Gasteiger partial charge in [0.25, 0.3) is 17.7 Å². The summed E-state index contributed by atoms with van der Waals surface area (Å²) in [6.45, 7) is 14.1. The van der Waals surface area contributed by atoms with Gasteiger partial charge in [0.2, 0.25) is 0 Å². The summed E-state index contributed by atoms with van der Waals surface area (Å²) in [7, 11) is 0. The smallest absolute Gasteiger partial charge is 0.261 e. The summed E-state index contributed by atoms with van der Waals surface area (Å²) in [4.78, 5) is 49.5. The highest BCUT2D eigenvalue weighted by atomic mass is 16.5. The Labute approximate surface area is 327 Å². The molecule has 56 heavy (non-hydrogen) atoms. The van der Waals surface area contributed by atoms with Crippen molar-refractivity contribution in [1.29, 1.82) is 0 Å². The van der Waals surface area contributed by atoms with Crippen LogP contribution in [0.3, 0.4) is 0 Å². The highest BCUT2D eigenvalue weighted by Gasteiger charge is 2.57. The highest BCUT2D eigenvalue weighted by molar-refractivity contribution is 6.27. The number of carbonyl (C=O) groups excluding carboxylic acids is 3. The highest BCUT2D eigenvalue weighted by Crippen LogP contribution is 2.59. The Morgan fingerprint density at radius 3 is 1.68 bits per heavy atom. The molecular weight excluding hydrogens is 697 g/mol. The maximum atomic E-state index is 15.0. The van der Waals surface area contributed by atoms with Crippen molar-refractivity contribution in [3.63, 3.8) is 0 Å². The van der Waals surface area contributed by atoms with Crippen molar-refractivity contribution in [3.8, 4) is 22.6 Å². The Kier molecular flexibility index (Phi) is 8.45. The van der Waals surface area contributed by atoms with Gasteiger partial charge >= 0.3 is 0 Å². The molecule has 0 fully saturated rings. The molecule has 3 heterocycles. The number of hydrogen-bond donors (Lipinski definition) is 0. The van der Waals surface area contributed by atoms with Crippen LogP contribution in [0.5, 0.6) is 11.5 Å². The zero-order chi connectivity index (χ0) is 38.9. The second-order valence-corrected chi connectivity index (χ2v) is 14.5. The maximum Gasteiger partial charge on any atom is 0.261 e. The first-order chi connectivity index (χ1) is 27.3. The molecule has 0 unspecified atom stereocenters. The molecule has 6 aromatic rings. The molecule has 0 aromatic heterocycles. The van der Waals surface area contributed by atoms with Crippen LogP contribution in [0.15, 0.2) is 115 Å². The summed E-state index contributed by atoms with van der Waals surface area (Å²) in [5.41, 5.74) is 8.08. The fourth-order valence-electron chi connectivity index (χ4n) is 9.32. The SMILES string of the molecule is CCN1C(=O)c2cccc3c(-c4ccc(N5C(=O)c6ccccc6C56c5ccc(N(CC)CC)cc5Oc5cc(N(CC)CC)ccc56)cc4)ccc(c23)C1=O. The molecule has 3 aliphatic rings. The molecule has 3 aliphatic heterocycles. The van der Waals surface area contributed by atoms with Crippen LogP contribution in [-0.2, 0) is 5.54 Å². The summed E-state index contributed by atoms with van der Waals surface area (Å²) in [5.74, 6) is 0.808. The van der Waals surface area contributed by atoms with Crippen molar-refractivity contribution >= 4 is 45.6 Å². The van der Waals surface area contributed by atoms with E-state index in [4.69, 9.17) is 4.74 Å². The lowest BCUT2D eigenvalue weighted by atomic mass is 9.74. The average Bonchev–Trinajstić information content (AvgIpc) is 3.49. The molecule has 0 radical (unpaired) electrons. The molecule has 0 aliphatic carbocycles. The number of anilines is 3. The molecule has 0 N–H and O–H groups in total. The number of nitrogens with zero attached hydrogens (tertiary/aromatic N) is 4. The van der Waals surface area contributed by atoms with Crippen LogP contribution in [0.4, 0.5) is 17.1 Å². The molecule has 9 rings (SSSR count). The van der Waals surface area contributed by atoms with Gasteiger partial charge in [0.15, 0.2) is 0 Å². The fourth-order valence-corrected chi connectivity index (χ4v) is 9.32. The second-order valence-electron chi connectivity index (χ2n) is 14.5. The van der Waals surface area contributed by atoms with Gasteiger partial charge < -0.3 is 14.5 Å². The van der Waals surface area contributed by atoms with Gasteiger partial charge in [-0.2, -0.15) is 0 Å². The molecule has 1 spiro atoms. The average molecular weight is 741 g/mol. The van der Waals surface area contributed by atoms with Crippen molar-refractivity contribution in [2.45, 2.75) is 40.2 Å². The third kappa shape index (κ3) is 4.87. The Balaban J connectivity index is 1.24. The molecular formula is C48H44N4O4. The molecule has 0 bridgehead atoms. The van der Waals surface area contributed by atoms with E-state index in [1.165, 1.54) is 4.90 Å². The summed E-state index contributed by atoms with van der Waals surface area (Å²) < 4.78 is 6.90. The van der Waals surface area contributed by atoms with Gasteiger partial charge in [-0.15, -0.1) is 0 Å². The molecule has 8 heteroatoms. The summed E-state index contributed by atoms with van der Waals surface area (Å²) in [6.07, 6.45) is 0. The minimum absolute atomic E-state index is 0.0909. The standard InChI is InChI=1S/C48H44N4O4/c1-6-49(7-2)32-22-26-40-42(28-32)56-43-29-33(50(8-3)9-4)23-27-41(43)48(40)39-17-12-11-14-36(39)47(55)52(48)31-20-18-30(19-21-31)34-24-25-38-44-35(34)15-13-16-37(44)45(53)51(10-5)46(38)54/h11-29H,6-10H2,1-5H3. The second kappa shape index (κ2) is 13.4. The topological polar surface area (TPSA) is 73.4 Å². The Hall–Kier alpha value is -6.41. The van der Waals surface area contributed by atoms with Gasteiger partial charge in [0.1, 0.15) is 17.0 Å². The molecule has 6 aromatic carbocycles. The molecule has 0 saturated heterocycles. The van der Waals surface area contributed by atoms with E-state index in [9.17, 15) is 14.4 Å². The van der Waals surface area contributed by atoms with Gasteiger partial charge in [-0.25, -0.2) is 0 Å². The number of benzene rings is 6. The van der Waals surface area contributed by atoms with Crippen LogP contribution in [0.1, 0.15) is 82.4 Å². The Morgan fingerprint density at radius 2 is 1.09 bits per heavy atom. The van der Waals surface area contributed by atoms with E-state index in [1.54, 1.807) is 6.07 Å². The number of carbonyl (C=O) groups is 3. The minimum Gasteiger partial charge on any atom is -0.456 e. The predicted octanol–water partition coefficient (Wildman–Crippen LogP) is 9.87. The van der Waals surface area contributed by atoms with Crippen LogP contribution in [0.2, 0.25) is 0 Å². The van der Waals surface area contributed by atoms with E-state index in [1.807, 2.05) is 78.6 Å². The largest absolute Gasteiger partial charge is 0.456 e. The van der Waals surface area contributed by atoms with Crippen molar-refractivity contribution in [1.82, 2.24) is 4.90 Å². The van der Waals surface area contributed by atoms with E-state index in [-0.39, 0.29) is 17.7 Å². The lowest BCUT2D eigenvalue weighted by Gasteiger charge is -2.44. The zero-order valence-electron chi connectivity index (χ0n) is 32.4. The van der Waals surface area contributed by atoms with Crippen molar-refractivity contribution < 1.29 is 19.1 Å². The number of hydrogen-bond acceptors (Lipinski definition) is 6. The number of fused-ring (bicyclic) bond motifs is 6. The molecule has 3 amide bonds. The van der Waals surface area contributed by atoms with E-state index in [0.717, 1.165) is 87.9 Å². The van der Waals surface area contributed by atoms with Gasteiger partial charge in [-0.05, 0) is 93.6 Å².